The van der Waals surface area contributed by atoms with Gasteiger partial charge in [0.15, 0.2) is 0 Å². The Labute approximate surface area is 229 Å². The zero-order chi connectivity index (χ0) is 26.2. The number of hydrogen-bond acceptors (Lipinski definition) is 2. The molecule has 4 nitrogen and oxygen atoms in total. The summed E-state index contributed by atoms with van der Waals surface area (Å²) in [5, 5.41) is 2.65. The van der Waals surface area contributed by atoms with Crippen molar-refractivity contribution in [2.45, 2.75) is 6.54 Å². The van der Waals surface area contributed by atoms with Gasteiger partial charge in [-0.25, -0.2) is 0 Å². The maximum absolute atomic E-state index is 12.4. The van der Waals surface area contributed by atoms with Gasteiger partial charge in [0.05, 0.1) is 17.6 Å². The number of carbonyl (C=O) groups excluding carboxylic acids is 1. The first-order valence-electron chi connectivity index (χ1n) is 12.0. The highest BCUT2D eigenvalue weighted by Gasteiger charge is 2.19. The Morgan fingerprint density at radius 1 is 0.842 bits per heavy atom. The van der Waals surface area contributed by atoms with Gasteiger partial charge in [0, 0.05) is 37.5 Å². The number of fused-ring (bicyclic) bond motifs is 3. The van der Waals surface area contributed by atoms with Gasteiger partial charge >= 0.3 is 0 Å². The molecule has 0 bridgehead atoms. The van der Waals surface area contributed by atoms with Gasteiger partial charge in [-0.2, -0.15) is 0 Å². The minimum Gasteiger partial charge on any atom is -0.457 e. The van der Waals surface area contributed by atoms with Gasteiger partial charge in [0.25, 0.3) is 0 Å². The fourth-order valence-electron chi connectivity index (χ4n) is 4.87. The van der Waals surface area contributed by atoms with Gasteiger partial charge < -0.3 is 15.0 Å². The molecule has 0 unspecified atom stereocenters. The van der Waals surface area contributed by atoms with Crippen LogP contribution < -0.4 is 10.5 Å². The molecule has 1 heterocycles. The molecule has 1 aromatic heterocycles. The smallest absolute Gasteiger partial charge is 0.249 e. The Kier molecular flexibility index (Phi) is 6.28. The Balaban J connectivity index is 1.58. The van der Waals surface area contributed by atoms with Crippen molar-refractivity contribution in [2.24, 2.45) is 5.73 Å². The van der Waals surface area contributed by atoms with Crippen molar-refractivity contribution in [3.63, 3.8) is 0 Å². The normalized spacial score (nSPS) is 11.2. The topological polar surface area (TPSA) is 57.2 Å². The molecule has 0 atom stereocenters. The molecule has 0 aliphatic carbocycles. The second-order valence-electron chi connectivity index (χ2n) is 8.92. The van der Waals surface area contributed by atoms with Gasteiger partial charge in [0.1, 0.15) is 11.5 Å². The minimum atomic E-state index is -0.492. The molecule has 6 rings (SSSR count). The highest BCUT2D eigenvalue weighted by Crippen LogP contribution is 2.39. The molecule has 185 valence electrons. The minimum absolute atomic E-state index is 0.444. The summed E-state index contributed by atoms with van der Waals surface area (Å²) in [7, 11) is 0. The lowest BCUT2D eigenvalue weighted by Crippen LogP contribution is -2.11. The predicted molar refractivity (Wildman–Crippen MR) is 154 cm³/mol. The van der Waals surface area contributed by atoms with Gasteiger partial charge in [-0.3, -0.25) is 4.79 Å². The lowest BCUT2D eigenvalue weighted by atomic mass is 10.0. The fraction of sp³-hybridized carbons (Fsp3) is 0.0312. The molecular weight excluding hydrogens is 515 g/mol. The second-order valence-corrected chi connectivity index (χ2v) is 9.73. The number of benzene rings is 5. The lowest BCUT2D eigenvalue weighted by molar-refractivity contribution is 0.100. The number of halogens is 2. The molecule has 5 aromatic carbocycles. The first-order valence-corrected chi connectivity index (χ1v) is 12.8. The van der Waals surface area contributed by atoms with E-state index in [1.54, 1.807) is 6.07 Å². The Bertz CT molecular complexity index is 1810. The summed E-state index contributed by atoms with van der Waals surface area (Å²) < 4.78 is 8.39. The van der Waals surface area contributed by atoms with Crippen LogP contribution in [0.3, 0.4) is 0 Å². The number of nitrogens with two attached hydrogens (primary N) is 1. The third-order valence-corrected chi connectivity index (χ3v) is 7.21. The van der Waals surface area contributed by atoms with Crippen LogP contribution in [-0.2, 0) is 6.54 Å². The summed E-state index contributed by atoms with van der Waals surface area (Å²) in [6, 6.07) is 35.9. The molecule has 1 radical (unpaired) electrons. The number of rotatable bonds is 6. The van der Waals surface area contributed by atoms with Crippen LogP contribution >= 0.6 is 23.2 Å². The molecule has 0 aliphatic rings. The van der Waals surface area contributed by atoms with E-state index in [4.69, 9.17) is 33.7 Å². The van der Waals surface area contributed by atoms with Crippen LogP contribution in [0, 0.1) is 6.07 Å². The quantitative estimate of drug-likeness (QED) is 0.232. The molecule has 6 aromatic rings. The number of aromatic nitrogens is 1. The van der Waals surface area contributed by atoms with Crippen molar-refractivity contribution in [3.8, 4) is 22.6 Å². The summed E-state index contributed by atoms with van der Waals surface area (Å²) in [5.74, 6) is 1.00. The molecule has 0 saturated heterocycles. The highest BCUT2D eigenvalue weighted by atomic mass is 35.5. The van der Waals surface area contributed by atoms with Crippen molar-refractivity contribution in [1.82, 2.24) is 4.57 Å². The van der Waals surface area contributed by atoms with Crippen molar-refractivity contribution in [3.05, 3.63) is 130 Å². The molecular formula is C32H21Cl2N2O2. The number of primary amides is 1. The number of ether oxygens (including phenoxy) is 1. The molecule has 38 heavy (non-hydrogen) atoms. The predicted octanol–water partition coefficient (Wildman–Crippen LogP) is 8.51. The van der Waals surface area contributed by atoms with E-state index in [2.05, 4.69) is 10.6 Å². The van der Waals surface area contributed by atoms with Gasteiger partial charge in [0.2, 0.25) is 5.91 Å². The standard InChI is InChI=1S/C32H21Cl2N2O2/c33-25-12-7-13-26(34)30(25)20-16-17-23-28(18-20)36(27-14-6-11-24(31(23)27)32(35)37)19-21-8-4-5-15-29(21)38-22-9-2-1-3-10-22/h1-16,18H,19H2,(H2,35,37). The van der Waals surface area contributed by atoms with Crippen molar-refractivity contribution in [2.75, 3.05) is 0 Å². The third-order valence-electron chi connectivity index (χ3n) is 6.58. The summed E-state index contributed by atoms with van der Waals surface area (Å²) >= 11 is 13.1. The van der Waals surface area contributed by atoms with Gasteiger partial charge in [-0.15, -0.1) is 0 Å². The molecule has 2 N–H and O–H groups in total. The number of carbonyl (C=O) groups is 1. The molecule has 6 heteroatoms. The zero-order valence-electron chi connectivity index (χ0n) is 20.1. The van der Waals surface area contributed by atoms with Crippen molar-refractivity contribution >= 4 is 50.9 Å². The van der Waals surface area contributed by atoms with Gasteiger partial charge in [-0.1, -0.05) is 71.7 Å². The first kappa shape index (κ1) is 24.1. The maximum Gasteiger partial charge on any atom is 0.249 e. The van der Waals surface area contributed by atoms with Crippen LogP contribution in [0.1, 0.15) is 15.9 Å². The van der Waals surface area contributed by atoms with Crippen LogP contribution in [0.15, 0.2) is 103 Å². The van der Waals surface area contributed by atoms with E-state index in [1.165, 1.54) is 0 Å². The first-order chi connectivity index (χ1) is 18.5. The number of amides is 1. The monoisotopic (exact) mass is 535 g/mol. The number of para-hydroxylation sites is 2. The van der Waals surface area contributed by atoms with Crippen molar-refractivity contribution in [1.29, 1.82) is 0 Å². The SMILES string of the molecule is NC(=O)c1cccc2c1c1[c]cc(-c3c(Cl)cccc3Cl)cc1n2Cc1ccccc1Oc1ccccc1. The molecule has 0 aliphatic heterocycles. The average Bonchev–Trinajstić information content (AvgIpc) is 3.23. The summed E-state index contributed by atoms with van der Waals surface area (Å²) in [5.41, 5.74) is 10.5. The van der Waals surface area contributed by atoms with Crippen LogP contribution in [0.4, 0.5) is 0 Å². The largest absolute Gasteiger partial charge is 0.457 e. The molecule has 0 saturated carbocycles. The third kappa shape index (κ3) is 4.28. The molecule has 0 fully saturated rings. The maximum atomic E-state index is 12.4. The van der Waals surface area contributed by atoms with E-state index < -0.39 is 5.91 Å². The van der Waals surface area contributed by atoms with Crippen LogP contribution in [-0.4, -0.2) is 10.5 Å². The van der Waals surface area contributed by atoms with Gasteiger partial charge in [-0.05, 0) is 66.2 Å². The lowest BCUT2D eigenvalue weighted by Gasteiger charge is -2.14. The van der Waals surface area contributed by atoms with E-state index >= 15 is 0 Å². The van der Waals surface area contributed by atoms with Crippen LogP contribution in [0.2, 0.25) is 10.0 Å². The number of nitrogens with zero attached hydrogens (tertiary/aromatic N) is 1. The highest BCUT2D eigenvalue weighted by molar-refractivity contribution is 6.39. The van der Waals surface area contributed by atoms with Crippen LogP contribution in [0.25, 0.3) is 32.9 Å². The second kappa shape index (κ2) is 9.90. The summed E-state index contributed by atoms with van der Waals surface area (Å²) in [6.07, 6.45) is 0. The fourth-order valence-corrected chi connectivity index (χ4v) is 5.48. The van der Waals surface area contributed by atoms with Crippen LogP contribution in [0.5, 0.6) is 11.5 Å². The van der Waals surface area contributed by atoms with E-state index in [-0.39, 0.29) is 0 Å². The Morgan fingerprint density at radius 3 is 2.32 bits per heavy atom. The molecule has 1 amide bonds. The summed E-state index contributed by atoms with van der Waals surface area (Å²) in [6.45, 7) is 0.485. The van der Waals surface area contributed by atoms with E-state index in [0.29, 0.717) is 22.2 Å². The Morgan fingerprint density at radius 2 is 1.55 bits per heavy atom. The number of hydrogen-bond donors (Lipinski definition) is 1. The van der Waals surface area contributed by atoms with E-state index in [9.17, 15) is 4.79 Å². The van der Waals surface area contributed by atoms with Crippen molar-refractivity contribution < 1.29 is 9.53 Å². The average molecular weight is 536 g/mol. The van der Waals surface area contributed by atoms with E-state index in [1.807, 2.05) is 97.1 Å². The zero-order valence-corrected chi connectivity index (χ0v) is 21.6. The molecule has 0 spiro atoms. The summed E-state index contributed by atoms with van der Waals surface area (Å²) in [4.78, 5) is 12.4. The van der Waals surface area contributed by atoms with E-state index in [0.717, 1.165) is 50.0 Å². The Hall–Kier alpha value is -4.25.